The van der Waals surface area contributed by atoms with Crippen LogP contribution in [0.1, 0.15) is 12.8 Å². The number of tetrazole rings is 1. The highest BCUT2D eigenvalue weighted by molar-refractivity contribution is 7.92. The number of aromatic nitrogens is 4. The molecule has 0 aliphatic carbocycles. The maximum Gasteiger partial charge on any atom is 0.242 e. The first-order valence-corrected chi connectivity index (χ1v) is 13.4. The molecule has 0 saturated carbocycles. The Labute approximate surface area is 191 Å². The van der Waals surface area contributed by atoms with Gasteiger partial charge in [0.05, 0.1) is 11.7 Å². The largest absolute Gasteiger partial charge is 0.390 e. The fourth-order valence-electron chi connectivity index (χ4n) is 4.45. The van der Waals surface area contributed by atoms with Crippen molar-refractivity contribution in [3.8, 4) is 11.4 Å². The van der Waals surface area contributed by atoms with E-state index < -0.39 is 42.5 Å². The van der Waals surface area contributed by atoms with Crippen LogP contribution < -0.4 is 25.8 Å². The molecule has 2 atom stereocenters. The van der Waals surface area contributed by atoms with Gasteiger partial charge in [-0.3, -0.25) is 0 Å². The van der Waals surface area contributed by atoms with E-state index in [1.165, 1.54) is 12.1 Å². The Hall–Kier alpha value is -2.21. The van der Waals surface area contributed by atoms with Gasteiger partial charge in [-0.05, 0) is 36.7 Å². The van der Waals surface area contributed by atoms with Gasteiger partial charge in [0, 0.05) is 43.8 Å². The third kappa shape index (κ3) is 4.72. The number of nitrogens with zero attached hydrogens (tertiary/aromatic N) is 4. The van der Waals surface area contributed by atoms with Gasteiger partial charge in [0.1, 0.15) is 9.79 Å². The molecule has 2 saturated heterocycles. The highest BCUT2D eigenvalue weighted by Crippen LogP contribution is 2.43. The molecule has 14 nitrogen and oxygen atoms in total. The van der Waals surface area contributed by atoms with Crippen LogP contribution in [0.3, 0.4) is 0 Å². The fraction of sp³-hybridized carbons (Fsp3) is 0.588. The van der Waals surface area contributed by atoms with Crippen LogP contribution in [0.4, 0.5) is 5.69 Å². The van der Waals surface area contributed by atoms with Gasteiger partial charge >= 0.3 is 0 Å². The molecule has 182 valence electrons. The molecule has 0 bridgehead atoms. The number of benzene rings is 1. The topological polar surface area (TPSA) is 222 Å². The average molecular weight is 502 g/mol. The van der Waals surface area contributed by atoms with E-state index in [0.29, 0.717) is 18.8 Å². The molecule has 2 fully saturated rings. The maximum atomic E-state index is 13.0. The molecule has 2 aliphatic rings. The number of anilines is 1. The van der Waals surface area contributed by atoms with Crippen LogP contribution in [0.15, 0.2) is 21.9 Å². The Kier molecular flexibility index (Phi) is 6.43. The summed E-state index contributed by atoms with van der Waals surface area (Å²) in [7, 11) is -8.96. The zero-order valence-electron chi connectivity index (χ0n) is 17.7. The van der Waals surface area contributed by atoms with Gasteiger partial charge in [-0.15, -0.1) is 10.2 Å². The van der Waals surface area contributed by atoms with E-state index in [-0.39, 0.29) is 23.3 Å². The van der Waals surface area contributed by atoms with Crippen molar-refractivity contribution in [3.63, 3.8) is 0 Å². The van der Waals surface area contributed by atoms with Crippen molar-refractivity contribution in [2.45, 2.75) is 28.7 Å². The Morgan fingerprint density at radius 1 is 1.27 bits per heavy atom. The molecule has 1 spiro atoms. The number of rotatable bonds is 8. The molecule has 0 amide bonds. The lowest BCUT2D eigenvalue weighted by atomic mass is 9.86. The van der Waals surface area contributed by atoms with E-state index in [4.69, 9.17) is 10.9 Å². The minimum atomic E-state index is -4.56. The van der Waals surface area contributed by atoms with Gasteiger partial charge in [-0.25, -0.2) is 26.7 Å². The molecule has 1 unspecified atom stereocenters. The van der Waals surface area contributed by atoms with E-state index in [1.807, 2.05) is 4.90 Å². The summed E-state index contributed by atoms with van der Waals surface area (Å²) in [5.74, 6) is -0.0986. The molecule has 3 heterocycles. The first-order valence-electron chi connectivity index (χ1n) is 10.3. The normalized spacial score (nSPS) is 22.3. The van der Waals surface area contributed by atoms with E-state index in [0.717, 1.165) is 25.9 Å². The molecule has 1 aromatic heterocycles. The Bertz CT molecular complexity index is 1210. The summed E-state index contributed by atoms with van der Waals surface area (Å²) in [6.07, 6.45) is 0.743. The highest BCUT2D eigenvalue weighted by atomic mass is 32.2. The first kappa shape index (κ1) is 23.9. The number of nitrogens with one attached hydrogen (secondary N) is 3. The molecule has 2 aliphatic heterocycles. The minimum absolute atomic E-state index is 0.0449. The van der Waals surface area contributed by atoms with Crippen molar-refractivity contribution < 1.29 is 21.9 Å². The van der Waals surface area contributed by atoms with Gasteiger partial charge in [-0.1, -0.05) is 0 Å². The molecular weight excluding hydrogens is 474 g/mol. The van der Waals surface area contributed by atoms with Crippen LogP contribution in [0, 0.1) is 5.41 Å². The van der Waals surface area contributed by atoms with E-state index >= 15 is 0 Å². The lowest BCUT2D eigenvalue weighted by Gasteiger charge is -2.26. The lowest BCUT2D eigenvalue weighted by molar-refractivity contribution is 0.186. The summed E-state index contributed by atoms with van der Waals surface area (Å²) in [5, 5.41) is 32.1. The zero-order valence-corrected chi connectivity index (χ0v) is 19.4. The van der Waals surface area contributed by atoms with Crippen LogP contribution in [0.5, 0.6) is 0 Å². The number of aliphatic hydroxyl groups excluding tert-OH is 1. The summed E-state index contributed by atoms with van der Waals surface area (Å²) >= 11 is 0. The number of aromatic amines is 1. The predicted octanol–water partition coefficient (Wildman–Crippen LogP) is -2.70. The predicted molar refractivity (Wildman–Crippen MR) is 118 cm³/mol. The second-order valence-corrected chi connectivity index (χ2v) is 11.6. The Morgan fingerprint density at radius 3 is 2.67 bits per heavy atom. The molecule has 4 rings (SSSR count). The average Bonchev–Trinajstić information content (AvgIpc) is 3.54. The van der Waals surface area contributed by atoms with Gasteiger partial charge < -0.3 is 21.1 Å². The van der Waals surface area contributed by atoms with Crippen molar-refractivity contribution in [2.24, 2.45) is 16.3 Å². The number of primary sulfonamides is 1. The van der Waals surface area contributed by atoms with Crippen LogP contribution >= 0.6 is 0 Å². The summed E-state index contributed by atoms with van der Waals surface area (Å²) in [5.41, 5.74) is 5.79. The number of hydrogen-bond acceptors (Lipinski definition) is 11. The quantitative estimate of drug-likeness (QED) is 0.218. The van der Waals surface area contributed by atoms with E-state index in [2.05, 4.69) is 30.7 Å². The Morgan fingerprint density at radius 2 is 2.06 bits per heavy atom. The standard InChI is InChI=1S/C17H27N9O5S2/c18-7-11(27)8-21-33(30,31)13-2-1-12(26-6-4-17(10-26)3-5-20-9-17)14(15(13)32(19,28)29)16-22-24-25-23-16/h1-2,11,20-21,27H,3-10,18H2,(H2,19,28,29)(H,22,23,24,25)/t11-,17?/m1/s1. The Balaban J connectivity index is 1.87. The third-order valence-corrected chi connectivity index (χ3v) is 8.72. The fourth-order valence-corrected chi connectivity index (χ4v) is 7.11. The molecule has 16 heteroatoms. The summed E-state index contributed by atoms with van der Waals surface area (Å²) in [6.45, 7) is 2.48. The third-order valence-electron chi connectivity index (χ3n) is 6.13. The number of nitrogens with two attached hydrogens (primary N) is 2. The number of H-pyrrole nitrogens is 1. The van der Waals surface area contributed by atoms with Crippen molar-refractivity contribution in [1.82, 2.24) is 30.7 Å². The molecule has 8 N–H and O–H groups in total. The van der Waals surface area contributed by atoms with Gasteiger partial charge in [0.15, 0.2) is 0 Å². The van der Waals surface area contributed by atoms with Crippen molar-refractivity contribution in [2.75, 3.05) is 44.2 Å². The van der Waals surface area contributed by atoms with Crippen LogP contribution in [-0.4, -0.2) is 87.9 Å². The molecule has 2 aromatic rings. The van der Waals surface area contributed by atoms with E-state index in [1.54, 1.807) is 0 Å². The zero-order chi connectivity index (χ0) is 23.9. The summed E-state index contributed by atoms with van der Waals surface area (Å²) < 4.78 is 53.7. The smallest absolute Gasteiger partial charge is 0.242 e. The second kappa shape index (κ2) is 8.86. The maximum absolute atomic E-state index is 13.0. The van der Waals surface area contributed by atoms with Crippen LogP contribution in [0.2, 0.25) is 0 Å². The summed E-state index contributed by atoms with van der Waals surface area (Å²) in [6, 6.07) is 2.71. The van der Waals surface area contributed by atoms with E-state index in [9.17, 15) is 21.9 Å². The number of sulfonamides is 2. The molecular formula is C17H27N9O5S2. The molecule has 0 radical (unpaired) electrons. The second-order valence-electron chi connectivity index (χ2n) is 8.41. The molecule has 33 heavy (non-hydrogen) atoms. The van der Waals surface area contributed by atoms with Crippen molar-refractivity contribution in [3.05, 3.63) is 12.1 Å². The highest BCUT2D eigenvalue weighted by Gasteiger charge is 2.42. The number of aliphatic hydroxyl groups is 1. The monoisotopic (exact) mass is 501 g/mol. The molecule has 1 aromatic carbocycles. The van der Waals surface area contributed by atoms with Gasteiger partial charge in [-0.2, -0.15) is 5.21 Å². The minimum Gasteiger partial charge on any atom is -0.390 e. The van der Waals surface area contributed by atoms with Crippen molar-refractivity contribution >= 4 is 25.7 Å². The van der Waals surface area contributed by atoms with Gasteiger partial charge in [0.2, 0.25) is 25.9 Å². The van der Waals surface area contributed by atoms with Gasteiger partial charge in [0.25, 0.3) is 0 Å². The first-order chi connectivity index (χ1) is 15.6. The van der Waals surface area contributed by atoms with Crippen LogP contribution in [-0.2, 0) is 20.0 Å². The SMILES string of the molecule is NC[C@@H](O)CNS(=O)(=O)c1ccc(N2CCC3(CCNC3)C2)c(-c2nn[nH]n2)c1S(N)(=O)=O. The number of hydrogen-bond donors (Lipinski definition) is 6. The summed E-state index contributed by atoms with van der Waals surface area (Å²) in [4.78, 5) is 0.783. The lowest BCUT2D eigenvalue weighted by Crippen LogP contribution is -2.37. The van der Waals surface area contributed by atoms with Crippen LogP contribution in [0.25, 0.3) is 11.4 Å². The van der Waals surface area contributed by atoms with Crippen molar-refractivity contribution in [1.29, 1.82) is 0 Å².